The van der Waals surface area contributed by atoms with Gasteiger partial charge >= 0.3 is 17.8 Å². The highest BCUT2D eigenvalue weighted by atomic mass is 19.3. The standard InChI is InChI=1S/C22H14F4N6O5/c23-13-9-27-20(31-18(13)28-12-3-5-16-14(8-12)30-21(35)36-16)29-11-2-4-15-10(7-11)1-6-17(33)32(15)22(24,25)19(34)37-26/h2-5,7-9H,1,6H2,(H,30,35)(H2,27,28,29,31). The van der Waals surface area contributed by atoms with Crippen LogP contribution in [0.1, 0.15) is 12.0 Å². The number of aromatic amines is 1. The summed E-state index contributed by atoms with van der Waals surface area (Å²) in [6.45, 7) is 0. The number of hydrogen-bond acceptors (Lipinski definition) is 9. The molecule has 3 heterocycles. The van der Waals surface area contributed by atoms with Crippen molar-refractivity contribution >= 4 is 51.8 Å². The number of nitrogens with zero attached hydrogens (tertiary/aromatic N) is 3. The number of alkyl halides is 2. The lowest BCUT2D eigenvalue weighted by atomic mass is 10.00. The lowest BCUT2D eigenvalue weighted by Crippen LogP contribution is -2.53. The molecule has 3 N–H and O–H groups in total. The Labute approximate surface area is 203 Å². The van der Waals surface area contributed by atoms with Crippen LogP contribution in [0.4, 0.5) is 46.5 Å². The van der Waals surface area contributed by atoms with Gasteiger partial charge in [-0.05, 0) is 48.4 Å². The molecule has 0 atom stereocenters. The predicted molar refractivity (Wildman–Crippen MR) is 120 cm³/mol. The quantitative estimate of drug-likeness (QED) is 0.256. The van der Waals surface area contributed by atoms with Gasteiger partial charge in [-0.25, -0.2) is 28.8 Å². The Hall–Kier alpha value is -4.95. The van der Waals surface area contributed by atoms with E-state index in [1.807, 2.05) is 0 Å². The van der Waals surface area contributed by atoms with Crippen LogP contribution in [-0.2, 0) is 21.0 Å². The number of H-pyrrole nitrogens is 1. The first-order chi connectivity index (χ1) is 17.7. The Bertz CT molecular complexity index is 1600. The molecule has 37 heavy (non-hydrogen) atoms. The molecule has 0 radical (unpaired) electrons. The van der Waals surface area contributed by atoms with Gasteiger partial charge in [-0.3, -0.25) is 9.78 Å². The van der Waals surface area contributed by atoms with Crippen molar-refractivity contribution in [2.75, 3.05) is 15.5 Å². The second kappa shape index (κ2) is 8.92. The SMILES string of the molecule is O=C1CCc2cc(Nc3ncc(F)c(Nc4ccc5oc(=O)[nH]c5c4)n3)ccc2N1C(F)(F)C(=O)OF. The smallest absolute Gasteiger partial charge is 0.408 e. The van der Waals surface area contributed by atoms with Crippen LogP contribution in [0.3, 0.4) is 0 Å². The second-order valence-corrected chi connectivity index (χ2v) is 7.84. The monoisotopic (exact) mass is 518 g/mol. The number of nitrogens with one attached hydrogen (secondary N) is 3. The van der Waals surface area contributed by atoms with Gasteiger partial charge in [0.1, 0.15) is 0 Å². The Balaban J connectivity index is 1.39. The van der Waals surface area contributed by atoms with Crippen LogP contribution in [0.15, 0.2) is 51.8 Å². The molecule has 0 aliphatic carbocycles. The largest absolute Gasteiger partial charge is 0.440 e. The van der Waals surface area contributed by atoms with Crippen LogP contribution in [0, 0.1) is 5.82 Å². The Kier molecular flexibility index (Phi) is 5.74. The lowest BCUT2D eigenvalue weighted by molar-refractivity contribution is -0.211. The Morgan fingerprint density at radius 1 is 1.11 bits per heavy atom. The minimum absolute atomic E-state index is 0.0586. The summed E-state index contributed by atoms with van der Waals surface area (Å²) in [6.07, 6.45) is 0.605. The summed E-state index contributed by atoms with van der Waals surface area (Å²) in [5, 5.41) is 5.57. The van der Waals surface area contributed by atoms with Crippen molar-refractivity contribution in [3.63, 3.8) is 0 Å². The zero-order chi connectivity index (χ0) is 26.3. The fraction of sp³-hybridized carbons (Fsp3) is 0.136. The number of rotatable bonds is 6. The third-order valence-corrected chi connectivity index (χ3v) is 5.46. The third-order valence-electron chi connectivity index (χ3n) is 5.46. The molecular weight excluding hydrogens is 504 g/mol. The summed E-state index contributed by atoms with van der Waals surface area (Å²) in [5.74, 6) is -5.30. The molecule has 5 rings (SSSR count). The van der Waals surface area contributed by atoms with Crippen LogP contribution in [0.2, 0.25) is 0 Å². The van der Waals surface area contributed by atoms with Gasteiger partial charge < -0.3 is 15.1 Å². The van der Waals surface area contributed by atoms with E-state index in [2.05, 4.69) is 30.5 Å². The van der Waals surface area contributed by atoms with Gasteiger partial charge in [-0.15, -0.1) is 0 Å². The summed E-state index contributed by atoms with van der Waals surface area (Å²) in [6, 6.07) is 3.85. The number of oxazole rings is 1. The highest BCUT2D eigenvalue weighted by Crippen LogP contribution is 2.37. The first-order valence-electron chi connectivity index (χ1n) is 10.5. The van der Waals surface area contributed by atoms with Gasteiger partial charge in [0.15, 0.2) is 17.2 Å². The topological polar surface area (TPSA) is 142 Å². The van der Waals surface area contributed by atoms with Crippen LogP contribution in [-0.4, -0.2) is 32.9 Å². The number of carbonyl (C=O) groups excluding carboxylic acids is 2. The zero-order valence-corrected chi connectivity index (χ0v) is 18.4. The van der Waals surface area contributed by atoms with Gasteiger partial charge in [0.2, 0.25) is 11.9 Å². The maximum Gasteiger partial charge on any atom is 0.440 e. The van der Waals surface area contributed by atoms with Crippen molar-refractivity contribution in [3.05, 3.63) is 64.5 Å². The molecule has 1 aliphatic rings. The molecule has 0 saturated carbocycles. The molecular formula is C22H14F4N6O5. The van der Waals surface area contributed by atoms with Gasteiger partial charge in [-0.2, -0.15) is 13.8 Å². The van der Waals surface area contributed by atoms with Crippen LogP contribution >= 0.6 is 0 Å². The zero-order valence-electron chi connectivity index (χ0n) is 18.4. The number of benzene rings is 2. The van der Waals surface area contributed by atoms with E-state index in [0.717, 1.165) is 12.3 Å². The van der Waals surface area contributed by atoms with Crippen molar-refractivity contribution < 1.29 is 36.6 Å². The van der Waals surface area contributed by atoms with E-state index in [0.29, 0.717) is 22.5 Å². The third kappa shape index (κ3) is 4.41. The van der Waals surface area contributed by atoms with E-state index < -0.39 is 29.5 Å². The molecule has 15 heteroatoms. The van der Waals surface area contributed by atoms with E-state index in [-0.39, 0.29) is 40.8 Å². The van der Waals surface area contributed by atoms with Crippen molar-refractivity contribution in [2.24, 2.45) is 0 Å². The number of halogens is 4. The van der Waals surface area contributed by atoms with Crippen LogP contribution in [0.25, 0.3) is 11.1 Å². The average molecular weight is 518 g/mol. The molecule has 11 nitrogen and oxygen atoms in total. The molecule has 0 unspecified atom stereocenters. The van der Waals surface area contributed by atoms with Gasteiger partial charge in [0.05, 0.1) is 17.4 Å². The van der Waals surface area contributed by atoms with E-state index in [9.17, 15) is 32.1 Å². The minimum atomic E-state index is -4.55. The van der Waals surface area contributed by atoms with Crippen LogP contribution in [0.5, 0.6) is 0 Å². The molecule has 0 saturated heterocycles. The summed E-state index contributed by atoms with van der Waals surface area (Å²) in [5.41, 5.74) is 1.34. The molecule has 2 aromatic carbocycles. The maximum absolute atomic E-state index is 14.4. The van der Waals surface area contributed by atoms with Crippen molar-refractivity contribution in [2.45, 2.75) is 18.9 Å². The second-order valence-electron chi connectivity index (χ2n) is 7.84. The Morgan fingerprint density at radius 3 is 2.65 bits per heavy atom. The van der Waals surface area contributed by atoms with E-state index in [1.165, 1.54) is 24.3 Å². The number of anilines is 5. The Morgan fingerprint density at radius 2 is 1.86 bits per heavy atom. The molecule has 0 fully saturated rings. The molecule has 0 bridgehead atoms. The first kappa shape index (κ1) is 23.8. The van der Waals surface area contributed by atoms with Gasteiger partial charge in [0.25, 0.3) is 0 Å². The molecule has 190 valence electrons. The molecule has 1 aliphatic heterocycles. The van der Waals surface area contributed by atoms with Crippen molar-refractivity contribution in [1.29, 1.82) is 0 Å². The normalized spacial score (nSPS) is 13.4. The summed E-state index contributed by atoms with van der Waals surface area (Å²) < 4.78 is 60.1. The summed E-state index contributed by atoms with van der Waals surface area (Å²) in [4.78, 5) is 47.6. The number of amides is 1. The highest BCUT2D eigenvalue weighted by Gasteiger charge is 2.53. The number of aromatic nitrogens is 3. The molecule has 2 aromatic heterocycles. The summed E-state index contributed by atoms with van der Waals surface area (Å²) >= 11 is 0. The fourth-order valence-corrected chi connectivity index (χ4v) is 3.83. The highest BCUT2D eigenvalue weighted by molar-refractivity contribution is 6.02. The predicted octanol–water partition coefficient (Wildman–Crippen LogP) is 3.84. The molecule has 4 aromatic rings. The van der Waals surface area contributed by atoms with Crippen molar-refractivity contribution in [3.8, 4) is 0 Å². The van der Waals surface area contributed by atoms with E-state index in [4.69, 9.17) is 4.42 Å². The van der Waals surface area contributed by atoms with Crippen molar-refractivity contribution in [1.82, 2.24) is 15.0 Å². The maximum atomic E-state index is 14.4. The molecule has 0 spiro atoms. The average Bonchev–Trinajstić information content (AvgIpc) is 3.24. The van der Waals surface area contributed by atoms with Gasteiger partial charge in [-0.1, -0.05) is 0 Å². The number of carbonyl (C=O) groups is 2. The fourth-order valence-electron chi connectivity index (χ4n) is 3.83. The van der Waals surface area contributed by atoms with E-state index >= 15 is 0 Å². The van der Waals surface area contributed by atoms with Crippen LogP contribution < -0.4 is 21.3 Å². The minimum Gasteiger partial charge on any atom is -0.408 e. The van der Waals surface area contributed by atoms with E-state index in [1.54, 1.807) is 6.07 Å². The summed E-state index contributed by atoms with van der Waals surface area (Å²) in [7, 11) is 0. The number of hydrogen-bond donors (Lipinski definition) is 3. The number of aryl methyl sites for hydroxylation is 1. The lowest BCUT2D eigenvalue weighted by Gasteiger charge is -2.33. The number of fused-ring (bicyclic) bond motifs is 2. The van der Waals surface area contributed by atoms with Gasteiger partial charge in [0, 0.05) is 22.3 Å². The first-order valence-corrected chi connectivity index (χ1v) is 10.5. The molecule has 1 amide bonds.